The summed E-state index contributed by atoms with van der Waals surface area (Å²) in [6.45, 7) is 2.13. The highest BCUT2D eigenvalue weighted by Gasteiger charge is 2.23. The number of nitrogens with zero attached hydrogens (tertiary/aromatic N) is 1. The van der Waals surface area contributed by atoms with Gasteiger partial charge in [-0.2, -0.15) is 0 Å². The van der Waals surface area contributed by atoms with Gasteiger partial charge in [0.1, 0.15) is 18.2 Å². The van der Waals surface area contributed by atoms with Gasteiger partial charge < -0.3 is 9.47 Å². The highest BCUT2D eigenvalue weighted by molar-refractivity contribution is 6.12. The van der Waals surface area contributed by atoms with Gasteiger partial charge in [0.25, 0.3) is 0 Å². The zero-order chi connectivity index (χ0) is 20.2. The zero-order valence-electron chi connectivity index (χ0n) is 15.8. The number of rotatable bonds is 5. The summed E-state index contributed by atoms with van der Waals surface area (Å²) in [7, 11) is 0. The summed E-state index contributed by atoms with van der Waals surface area (Å²) in [6, 6.07) is 21.2. The molecule has 0 aliphatic carbocycles. The predicted molar refractivity (Wildman–Crippen MR) is 109 cm³/mol. The number of cyclic esters (lactones) is 1. The molecular formula is C24H18FNO3. The molecule has 4 rings (SSSR count). The highest BCUT2D eigenvalue weighted by Crippen LogP contribution is 2.21. The molecule has 1 aliphatic heterocycles. The van der Waals surface area contributed by atoms with Crippen molar-refractivity contribution in [2.24, 2.45) is 4.99 Å². The van der Waals surface area contributed by atoms with Crippen molar-refractivity contribution >= 4 is 17.9 Å². The van der Waals surface area contributed by atoms with E-state index >= 15 is 0 Å². The number of aryl methyl sites for hydroxylation is 1. The van der Waals surface area contributed by atoms with Gasteiger partial charge in [0.05, 0.1) is 0 Å². The predicted octanol–water partition coefficient (Wildman–Crippen LogP) is 5.06. The summed E-state index contributed by atoms with van der Waals surface area (Å²) in [5, 5.41) is 0. The van der Waals surface area contributed by atoms with Crippen molar-refractivity contribution in [3.63, 3.8) is 0 Å². The van der Waals surface area contributed by atoms with Crippen LogP contribution in [0.4, 0.5) is 4.39 Å². The minimum atomic E-state index is -0.486. The molecule has 144 valence electrons. The molecule has 0 unspecified atom stereocenters. The Balaban J connectivity index is 1.46. The van der Waals surface area contributed by atoms with Crippen molar-refractivity contribution < 1.29 is 18.7 Å². The van der Waals surface area contributed by atoms with E-state index in [4.69, 9.17) is 9.47 Å². The molecule has 1 aliphatic rings. The Bertz CT molecular complexity index is 1100. The van der Waals surface area contributed by atoms with Crippen LogP contribution in [0, 0.1) is 12.7 Å². The maximum absolute atomic E-state index is 13.7. The molecule has 0 radical (unpaired) electrons. The lowest BCUT2D eigenvalue weighted by atomic mass is 10.1. The van der Waals surface area contributed by atoms with Crippen molar-refractivity contribution in [3.8, 4) is 5.75 Å². The molecule has 3 aromatic rings. The molecule has 0 N–H and O–H groups in total. The van der Waals surface area contributed by atoms with Gasteiger partial charge in [0.2, 0.25) is 5.90 Å². The lowest BCUT2D eigenvalue weighted by Crippen LogP contribution is -2.05. The molecule has 4 nitrogen and oxygen atoms in total. The van der Waals surface area contributed by atoms with Crippen LogP contribution in [-0.2, 0) is 16.1 Å². The SMILES string of the molecule is Cc1ccc(C2=N/C(=C\c3ccc(OCc4ccccc4F)cc3)C(=O)O2)cc1. The second-order valence-electron chi connectivity index (χ2n) is 6.65. The molecule has 0 atom stereocenters. The largest absolute Gasteiger partial charge is 0.489 e. The number of hydrogen-bond acceptors (Lipinski definition) is 4. The minimum Gasteiger partial charge on any atom is -0.489 e. The fraction of sp³-hybridized carbons (Fsp3) is 0.0833. The molecular weight excluding hydrogens is 369 g/mol. The molecule has 0 spiro atoms. The Morgan fingerprint density at radius 2 is 1.72 bits per heavy atom. The van der Waals surface area contributed by atoms with Gasteiger partial charge in [-0.1, -0.05) is 48.0 Å². The summed E-state index contributed by atoms with van der Waals surface area (Å²) in [4.78, 5) is 16.4. The van der Waals surface area contributed by atoms with Crippen LogP contribution in [0.15, 0.2) is 83.5 Å². The van der Waals surface area contributed by atoms with Crippen LogP contribution in [0.5, 0.6) is 5.75 Å². The van der Waals surface area contributed by atoms with E-state index in [-0.39, 0.29) is 18.1 Å². The maximum Gasteiger partial charge on any atom is 0.363 e. The van der Waals surface area contributed by atoms with Crippen molar-refractivity contribution in [3.05, 3.63) is 107 Å². The number of carbonyl (C=O) groups is 1. The van der Waals surface area contributed by atoms with Gasteiger partial charge in [-0.25, -0.2) is 14.2 Å². The van der Waals surface area contributed by atoms with Crippen LogP contribution in [0.1, 0.15) is 22.3 Å². The molecule has 1 heterocycles. The molecule has 0 amide bonds. The van der Waals surface area contributed by atoms with Gasteiger partial charge in [-0.05, 0) is 48.9 Å². The molecule has 29 heavy (non-hydrogen) atoms. The monoisotopic (exact) mass is 387 g/mol. The molecule has 0 aromatic heterocycles. The van der Waals surface area contributed by atoms with E-state index in [0.29, 0.717) is 17.2 Å². The standard InChI is InChI=1S/C24H18FNO3/c1-16-6-10-18(11-7-16)23-26-22(24(27)29-23)14-17-8-12-20(13-9-17)28-15-19-4-2-3-5-21(19)25/h2-14H,15H2,1H3/b22-14-. The van der Waals surface area contributed by atoms with E-state index in [1.807, 2.05) is 31.2 Å². The smallest absolute Gasteiger partial charge is 0.363 e. The van der Waals surface area contributed by atoms with Gasteiger partial charge in [-0.15, -0.1) is 0 Å². The van der Waals surface area contributed by atoms with E-state index in [9.17, 15) is 9.18 Å². The normalized spacial score (nSPS) is 14.6. The van der Waals surface area contributed by atoms with E-state index in [1.54, 1.807) is 48.5 Å². The Morgan fingerprint density at radius 3 is 2.45 bits per heavy atom. The number of halogens is 1. The summed E-state index contributed by atoms with van der Waals surface area (Å²) in [5.74, 6) is 0.121. The molecule has 0 saturated heterocycles. The fourth-order valence-electron chi connectivity index (χ4n) is 2.82. The number of esters is 1. The Hall–Kier alpha value is -3.73. The lowest BCUT2D eigenvalue weighted by Gasteiger charge is -2.07. The summed E-state index contributed by atoms with van der Waals surface area (Å²) in [6.07, 6.45) is 1.66. The topological polar surface area (TPSA) is 47.9 Å². The van der Waals surface area contributed by atoms with E-state index in [2.05, 4.69) is 4.99 Å². The van der Waals surface area contributed by atoms with Crippen LogP contribution in [0.3, 0.4) is 0 Å². The number of carbonyl (C=O) groups excluding carboxylic acids is 1. The molecule has 5 heteroatoms. The first-order chi connectivity index (χ1) is 14.1. The molecule has 3 aromatic carbocycles. The Morgan fingerprint density at radius 1 is 1.00 bits per heavy atom. The Kier molecular flexibility index (Phi) is 5.20. The number of ether oxygens (including phenoxy) is 2. The van der Waals surface area contributed by atoms with Gasteiger partial charge in [0, 0.05) is 11.1 Å². The van der Waals surface area contributed by atoms with Crippen LogP contribution in [0.25, 0.3) is 6.08 Å². The maximum atomic E-state index is 13.7. The second kappa shape index (κ2) is 8.10. The third-order valence-electron chi connectivity index (χ3n) is 4.45. The first-order valence-electron chi connectivity index (χ1n) is 9.14. The van der Waals surface area contributed by atoms with E-state index < -0.39 is 5.97 Å². The van der Waals surface area contributed by atoms with Gasteiger partial charge >= 0.3 is 5.97 Å². The van der Waals surface area contributed by atoms with Crippen LogP contribution in [0.2, 0.25) is 0 Å². The van der Waals surface area contributed by atoms with Crippen LogP contribution < -0.4 is 4.74 Å². The highest BCUT2D eigenvalue weighted by atomic mass is 19.1. The second-order valence-corrected chi connectivity index (χ2v) is 6.65. The van der Waals surface area contributed by atoms with E-state index in [0.717, 1.165) is 16.7 Å². The van der Waals surface area contributed by atoms with Crippen molar-refractivity contribution in [1.29, 1.82) is 0 Å². The molecule has 0 bridgehead atoms. The summed E-state index contributed by atoms with van der Waals surface area (Å²) >= 11 is 0. The van der Waals surface area contributed by atoms with Gasteiger partial charge in [0.15, 0.2) is 5.70 Å². The minimum absolute atomic E-state index is 0.142. The average Bonchev–Trinajstić information content (AvgIpc) is 3.09. The average molecular weight is 387 g/mol. The van der Waals surface area contributed by atoms with E-state index in [1.165, 1.54) is 6.07 Å². The van der Waals surface area contributed by atoms with Gasteiger partial charge in [-0.3, -0.25) is 0 Å². The molecule has 0 saturated carbocycles. The lowest BCUT2D eigenvalue weighted by molar-refractivity contribution is -0.129. The van der Waals surface area contributed by atoms with Crippen molar-refractivity contribution in [2.75, 3.05) is 0 Å². The molecule has 0 fully saturated rings. The summed E-state index contributed by atoms with van der Waals surface area (Å²) in [5.41, 5.74) is 3.38. The fourth-order valence-corrected chi connectivity index (χ4v) is 2.82. The number of benzene rings is 3. The first kappa shape index (κ1) is 18.6. The third-order valence-corrected chi connectivity index (χ3v) is 4.45. The summed E-state index contributed by atoms with van der Waals surface area (Å²) < 4.78 is 24.6. The zero-order valence-corrected chi connectivity index (χ0v) is 15.8. The third kappa shape index (κ3) is 4.41. The van der Waals surface area contributed by atoms with Crippen molar-refractivity contribution in [1.82, 2.24) is 0 Å². The number of aliphatic imine (C=N–C) groups is 1. The quantitative estimate of drug-likeness (QED) is 0.454. The first-order valence-corrected chi connectivity index (χ1v) is 9.14. The van der Waals surface area contributed by atoms with Crippen molar-refractivity contribution in [2.45, 2.75) is 13.5 Å². The Labute approximate surface area is 167 Å². The van der Waals surface area contributed by atoms with Crippen LogP contribution >= 0.6 is 0 Å². The number of hydrogen-bond donors (Lipinski definition) is 0. The van der Waals surface area contributed by atoms with Crippen LogP contribution in [-0.4, -0.2) is 11.9 Å².